The van der Waals surface area contributed by atoms with E-state index in [4.69, 9.17) is 0 Å². The van der Waals surface area contributed by atoms with Gasteiger partial charge in [-0.25, -0.2) is 0 Å². The minimum absolute atomic E-state index is 0.915. The van der Waals surface area contributed by atoms with Crippen LogP contribution in [0.1, 0.15) is 24.0 Å². The van der Waals surface area contributed by atoms with Gasteiger partial charge in [0.25, 0.3) is 0 Å². The Kier molecular flexibility index (Phi) is 6.27. The zero-order chi connectivity index (χ0) is 28.8. The zero-order valence-electron chi connectivity index (χ0n) is 24.2. The highest BCUT2D eigenvalue weighted by atomic mass is 14.3. The Morgan fingerprint density at radius 2 is 1.26 bits per heavy atom. The number of fused-ring (bicyclic) bond motifs is 3. The van der Waals surface area contributed by atoms with Crippen LogP contribution in [-0.4, -0.2) is 0 Å². The third-order valence-corrected chi connectivity index (χ3v) is 9.13. The second-order valence-electron chi connectivity index (χ2n) is 11.6. The Morgan fingerprint density at radius 1 is 0.628 bits per heavy atom. The SMILES string of the molecule is C=CC1=C(C(=CC2=CC=CC2)C2=CC=CC2)c2cc(-c3c4ccccc4c(-c4ccccc4)c4ccccc34)ccc2C1. The predicted octanol–water partition coefficient (Wildman–Crippen LogP) is 11.5. The predicted molar refractivity (Wildman–Crippen MR) is 185 cm³/mol. The average Bonchev–Trinajstić information content (AvgIpc) is 3.84. The van der Waals surface area contributed by atoms with E-state index in [0.717, 1.165) is 19.3 Å². The Morgan fingerprint density at radius 3 is 1.86 bits per heavy atom. The van der Waals surface area contributed by atoms with Crippen LogP contribution in [-0.2, 0) is 6.42 Å². The molecule has 0 N–H and O–H groups in total. The molecule has 0 saturated carbocycles. The average molecular weight is 549 g/mol. The van der Waals surface area contributed by atoms with Crippen molar-refractivity contribution in [3.63, 3.8) is 0 Å². The first-order valence-electron chi connectivity index (χ1n) is 15.2. The van der Waals surface area contributed by atoms with E-state index in [1.54, 1.807) is 0 Å². The minimum atomic E-state index is 0.915. The van der Waals surface area contributed by atoms with E-state index < -0.39 is 0 Å². The van der Waals surface area contributed by atoms with Crippen LogP contribution in [0.25, 0.3) is 49.4 Å². The molecule has 0 aromatic heterocycles. The molecule has 0 nitrogen and oxygen atoms in total. The summed E-state index contributed by atoms with van der Waals surface area (Å²) in [4.78, 5) is 0. The Balaban J connectivity index is 1.38. The summed E-state index contributed by atoms with van der Waals surface area (Å²) < 4.78 is 0. The van der Waals surface area contributed by atoms with Crippen molar-refractivity contribution in [3.8, 4) is 22.3 Å². The lowest BCUT2D eigenvalue weighted by Crippen LogP contribution is -1.96. The third kappa shape index (κ3) is 4.30. The van der Waals surface area contributed by atoms with Crippen molar-refractivity contribution in [1.29, 1.82) is 0 Å². The van der Waals surface area contributed by atoms with E-state index >= 15 is 0 Å². The van der Waals surface area contributed by atoms with E-state index in [1.165, 1.54) is 82.8 Å². The van der Waals surface area contributed by atoms with Crippen LogP contribution < -0.4 is 0 Å². The Bertz CT molecular complexity index is 2080. The fourth-order valence-corrected chi connectivity index (χ4v) is 7.16. The van der Waals surface area contributed by atoms with E-state index in [9.17, 15) is 0 Å². The molecule has 0 saturated heterocycles. The molecule has 5 aromatic rings. The van der Waals surface area contributed by atoms with Gasteiger partial charge in [0.2, 0.25) is 0 Å². The van der Waals surface area contributed by atoms with Gasteiger partial charge in [-0.2, -0.15) is 0 Å². The van der Waals surface area contributed by atoms with Gasteiger partial charge in [0, 0.05) is 0 Å². The quantitative estimate of drug-likeness (QED) is 0.185. The van der Waals surface area contributed by atoms with Gasteiger partial charge in [0.05, 0.1) is 0 Å². The highest BCUT2D eigenvalue weighted by molar-refractivity contribution is 6.21. The molecular formula is C43H32. The van der Waals surface area contributed by atoms with Gasteiger partial charge in [-0.15, -0.1) is 0 Å². The molecule has 43 heavy (non-hydrogen) atoms. The van der Waals surface area contributed by atoms with E-state index in [-0.39, 0.29) is 0 Å². The number of allylic oxidation sites excluding steroid dienone is 13. The van der Waals surface area contributed by atoms with Crippen molar-refractivity contribution in [2.45, 2.75) is 19.3 Å². The summed E-state index contributed by atoms with van der Waals surface area (Å²) in [6.07, 6.45) is 20.8. The fourth-order valence-electron chi connectivity index (χ4n) is 7.16. The molecule has 0 bridgehead atoms. The normalized spacial score (nSPS) is 15.9. The molecule has 0 amide bonds. The van der Waals surface area contributed by atoms with E-state index in [0.29, 0.717) is 0 Å². The standard InChI is InChI=1S/C43H32/c1-2-30-27-33-24-25-34(28-40(33)41(30)39(31-16-8-9-17-31)26-29-14-6-7-15-29)43-37-22-12-10-20-35(37)42(32-18-4-3-5-19-32)36-21-11-13-23-38(36)43/h2-14,16,18-26,28H,1,15,17,27H2. The van der Waals surface area contributed by atoms with Crippen LogP contribution >= 0.6 is 0 Å². The van der Waals surface area contributed by atoms with Crippen molar-refractivity contribution in [2.75, 3.05) is 0 Å². The molecule has 0 unspecified atom stereocenters. The second kappa shape index (κ2) is 10.6. The maximum atomic E-state index is 4.27. The summed E-state index contributed by atoms with van der Waals surface area (Å²) in [6, 6.07) is 35.8. The molecule has 8 rings (SSSR count). The van der Waals surface area contributed by atoms with Crippen molar-refractivity contribution in [2.24, 2.45) is 0 Å². The molecule has 0 heteroatoms. The fraction of sp³-hybridized carbons (Fsp3) is 0.0698. The van der Waals surface area contributed by atoms with Crippen molar-refractivity contribution >= 4 is 27.1 Å². The summed E-state index contributed by atoms with van der Waals surface area (Å²) in [5, 5.41) is 5.14. The first kappa shape index (κ1) is 25.5. The summed E-state index contributed by atoms with van der Waals surface area (Å²) in [5.74, 6) is 0. The smallest absolute Gasteiger partial charge is 0.00134 e. The molecular weight excluding hydrogens is 516 g/mol. The summed E-state index contributed by atoms with van der Waals surface area (Å²) in [6.45, 7) is 4.27. The van der Waals surface area contributed by atoms with Gasteiger partial charge < -0.3 is 0 Å². The van der Waals surface area contributed by atoms with Crippen LogP contribution in [0.5, 0.6) is 0 Å². The molecule has 0 fully saturated rings. The first-order valence-corrected chi connectivity index (χ1v) is 15.2. The molecule has 0 aliphatic heterocycles. The Labute approximate surface area is 253 Å². The monoisotopic (exact) mass is 548 g/mol. The molecule has 5 aromatic carbocycles. The van der Waals surface area contributed by atoms with Crippen LogP contribution in [0.2, 0.25) is 0 Å². The van der Waals surface area contributed by atoms with Crippen LogP contribution in [0.3, 0.4) is 0 Å². The van der Waals surface area contributed by atoms with Gasteiger partial charge in [-0.3, -0.25) is 0 Å². The maximum Gasteiger partial charge on any atom is -0.00134 e. The summed E-state index contributed by atoms with van der Waals surface area (Å²) in [5.41, 5.74) is 14.5. The Hall–Kier alpha value is -5.20. The largest absolute Gasteiger partial charge is 0.0988 e. The van der Waals surface area contributed by atoms with Gasteiger partial charge >= 0.3 is 0 Å². The van der Waals surface area contributed by atoms with Crippen LogP contribution in [0, 0.1) is 0 Å². The molecule has 0 spiro atoms. The van der Waals surface area contributed by atoms with Crippen molar-refractivity contribution < 1.29 is 0 Å². The second-order valence-corrected chi connectivity index (χ2v) is 11.6. The van der Waals surface area contributed by atoms with Crippen molar-refractivity contribution in [3.05, 3.63) is 186 Å². The van der Waals surface area contributed by atoms with Gasteiger partial charge in [0.1, 0.15) is 0 Å². The molecule has 3 aliphatic rings. The lowest BCUT2D eigenvalue weighted by molar-refractivity contribution is 1.24. The lowest BCUT2D eigenvalue weighted by atomic mass is 9.84. The van der Waals surface area contributed by atoms with Gasteiger partial charge in [-0.05, 0) is 108 Å². The highest BCUT2D eigenvalue weighted by Gasteiger charge is 2.26. The van der Waals surface area contributed by atoms with Gasteiger partial charge in [-0.1, -0.05) is 146 Å². The van der Waals surface area contributed by atoms with E-state index in [1.807, 2.05) is 0 Å². The molecule has 0 radical (unpaired) electrons. The highest BCUT2D eigenvalue weighted by Crippen LogP contribution is 2.47. The van der Waals surface area contributed by atoms with Crippen LogP contribution in [0.4, 0.5) is 0 Å². The maximum absolute atomic E-state index is 4.27. The lowest BCUT2D eigenvalue weighted by Gasteiger charge is -2.19. The summed E-state index contributed by atoms with van der Waals surface area (Å²) >= 11 is 0. The molecule has 0 heterocycles. The van der Waals surface area contributed by atoms with Crippen molar-refractivity contribution in [1.82, 2.24) is 0 Å². The van der Waals surface area contributed by atoms with E-state index in [2.05, 4.69) is 152 Å². The van der Waals surface area contributed by atoms with Crippen LogP contribution in [0.15, 0.2) is 175 Å². The number of rotatable bonds is 6. The number of hydrogen-bond acceptors (Lipinski definition) is 0. The summed E-state index contributed by atoms with van der Waals surface area (Å²) in [7, 11) is 0. The minimum Gasteiger partial charge on any atom is -0.0988 e. The topological polar surface area (TPSA) is 0 Å². The number of benzene rings is 5. The molecule has 204 valence electrons. The van der Waals surface area contributed by atoms with Gasteiger partial charge in [0.15, 0.2) is 0 Å². The molecule has 3 aliphatic carbocycles. The third-order valence-electron chi connectivity index (χ3n) is 9.13. The molecule has 0 atom stereocenters. The number of hydrogen-bond donors (Lipinski definition) is 0. The first-order chi connectivity index (χ1) is 21.3. The zero-order valence-corrected chi connectivity index (χ0v) is 24.2.